The molecule has 26 heavy (non-hydrogen) atoms. The van der Waals surface area contributed by atoms with Crippen LogP contribution in [0.1, 0.15) is 26.5 Å². The van der Waals surface area contributed by atoms with E-state index in [2.05, 4.69) is 49.9 Å². The number of nitrogens with zero attached hydrogens (tertiary/aromatic N) is 4. The van der Waals surface area contributed by atoms with Crippen LogP contribution < -0.4 is 0 Å². The van der Waals surface area contributed by atoms with Gasteiger partial charge in [-0.15, -0.1) is 0 Å². The van der Waals surface area contributed by atoms with Crippen molar-refractivity contribution >= 4 is 52.7 Å². The summed E-state index contributed by atoms with van der Waals surface area (Å²) in [5.41, 5.74) is 2.13. The van der Waals surface area contributed by atoms with Crippen molar-refractivity contribution in [3.05, 3.63) is 22.6 Å². The number of halogens is 1. The minimum Gasteiger partial charge on any atom is -0.591 e. The lowest BCUT2D eigenvalue weighted by Gasteiger charge is -2.17. The van der Waals surface area contributed by atoms with Crippen LogP contribution >= 0.6 is 15.9 Å². The SMILES string of the molecule is CC(C)(C)[S+]([O-])N=Cc1nc2c(cc1Br)ncn2COCC[Si](C)(C)C. The van der Waals surface area contributed by atoms with E-state index in [1.807, 2.05) is 31.4 Å². The summed E-state index contributed by atoms with van der Waals surface area (Å²) in [6.07, 6.45) is 3.28. The predicted octanol–water partition coefficient (Wildman–Crippen LogP) is 4.39. The highest BCUT2D eigenvalue weighted by Crippen LogP contribution is 2.22. The fraction of sp³-hybridized carbons (Fsp3) is 0.588. The molecule has 0 aliphatic heterocycles. The molecule has 6 nitrogen and oxygen atoms in total. The summed E-state index contributed by atoms with van der Waals surface area (Å²) >= 11 is 2.16. The fourth-order valence-corrected chi connectivity index (χ4v) is 3.63. The van der Waals surface area contributed by atoms with Crippen LogP contribution in [0.2, 0.25) is 25.7 Å². The molecule has 0 aliphatic carbocycles. The van der Waals surface area contributed by atoms with E-state index in [0.29, 0.717) is 12.4 Å². The average Bonchev–Trinajstić information content (AvgIpc) is 2.89. The summed E-state index contributed by atoms with van der Waals surface area (Å²) in [6, 6.07) is 3.01. The van der Waals surface area contributed by atoms with Crippen LogP contribution in [-0.4, -0.2) is 44.7 Å². The van der Waals surface area contributed by atoms with E-state index in [1.54, 1.807) is 12.5 Å². The lowest BCUT2D eigenvalue weighted by Crippen LogP contribution is -2.25. The summed E-state index contributed by atoms with van der Waals surface area (Å²) in [7, 11) is -1.10. The van der Waals surface area contributed by atoms with Crippen molar-refractivity contribution in [3.8, 4) is 0 Å². The highest BCUT2D eigenvalue weighted by molar-refractivity contribution is 9.10. The Balaban J connectivity index is 2.16. The van der Waals surface area contributed by atoms with Gasteiger partial charge in [-0.2, -0.15) is 0 Å². The van der Waals surface area contributed by atoms with E-state index in [1.165, 1.54) is 0 Å². The summed E-state index contributed by atoms with van der Waals surface area (Å²) in [4.78, 5) is 8.99. The Labute approximate surface area is 167 Å². The number of hydrogen-bond donors (Lipinski definition) is 0. The average molecular weight is 459 g/mol. The topological polar surface area (TPSA) is 75.4 Å². The second-order valence-electron chi connectivity index (χ2n) is 8.36. The monoisotopic (exact) mass is 458 g/mol. The standard InChI is InChI=1S/C17H27BrN4O2SSi/c1-17(2,3)25(23)20-10-15-13(18)9-14-16(21-15)22(11-19-14)12-24-7-8-26(4,5)6/h9-11H,7-8,12H2,1-6H3. The van der Waals surface area contributed by atoms with E-state index in [0.717, 1.165) is 28.3 Å². The first-order valence-electron chi connectivity index (χ1n) is 8.52. The number of ether oxygens (including phenoxy) is 1. The van der Waals surface area contributed by atoms with Gasteiger partial charge in [0.1, 0.15) is 40.3 Å². The van der Waals surface area contributed by atoms with Crippen molar-refractivity contribution in [1.29, 1.82) is 0 Å². The van der Waals surface area contributed by atoms with Crippen LogP contribution in [-0.2, 0) is 22.8 Å². The van der Waals surface area contributed by atoms with Gasteiger partial charge in [0.2, 0.25) is 0 Å². The van der Waals surface area contributed by atoms with Gasteiger partial charge in [0.15, 0.2) is 5.65 Å². The van der Waals surface area contributed by atoms with Crippen LogP contribution in [0, 0.1) is 0 Å². The van der Waals surface area contributed by atoms with Crippen molar-refractivity contribution in [2.24, 2.45) is 4.40 Å². The zero-order valence-electron chi connectivity index (χ0n) is 16.2. The maximum atomic E-state index is 12.1. The molecule has 144 valence electrons. The van der Waals surface area contributed by atoms with Crippen molar-refractivity contribution in [1.82, 2.24) is 14.5 Å². The molecule has 0 saturated heterocycles. The van der Waals surface area contributed by atoms with Gasteiger partial charge in [0.25, 0.3) is 0 Å². The fourth-order valence-electron chi connectivity index (χ4n) is 1.96. The predicted molar refractivity (Wildman–Crippen MR) is 115 cm³/mol. The summed E-state index contributed by atoms with van der Waals surface area (Å²) < 4.78 is 24.3. The zero-order chi connectivity index (χ0) is 19.5. The number of pyridine rings is 1. The minimum atomic E-state index is -1.32. The molecule has 0 bridgehead atoms. The summed E-state index contributed by atoms with van der Waals surface area (Å²) in [5, 5.41) is 0. The molecule has 2 rings (SSSR count). The van der Waals surface area contributed by atoms with Gasteiger partial charge in [0, 0.05) is 19.2 Å². The molecule has 1 atom stereocenters. The van der Waals surface area contributed by atoms with E-state index in [4.69, 9.17) is 4.74 Å². The van der Waals surface area contributed by atoms with E-state index in [-0.39, 0.29) is 0 Å². The van der Waals surface area contributed by atoms with Gasteiger partial charge >= 0.3 is 0 Å². The molecule has 0 aliphatic rings. The van der Waals surface area contributed by atoms with E-state index < -0.39 is 24.2 Å². The molecule has 2 aromatic rings. The Morgan fingerprint density at radius 2 is 2.08 bits per heavy atom. The molecule has 0 fully saturated rings. The molecule has 0 radical (unpaired) electrons. The lowest BCUT2D eigenvalue weighted by atomic mass is 10.3. The lowest BCUT2D eigenvalue weighted by molar-refractivity contribution is 0.0895. The number of hydrogen-bond acceptors (Lipinski definition) is 5. The molecule has 2 aromatic heterocycles. The first-order chi connectivity index (χ1) is 12.0. The number of aromatic nitrogens is 3. The van der Waals surface area contributed by atoms with Crippen LogP contribution in [0.15, 0.2) is 21.3 Å². The first kappa shape index (κ1) is 21.6. The Morgan fingerprint density at radius 3 is 2.69 bits per heavy atom. The van der Waals surface area contributed by atoms with Crippen LogP contribution in [0.25, 0.3) is 11.2 Å². The molecule has 0 amide bonds. The largest absolute Gasteiger partial charge is 0.591 e. The zero-order valence-corrected chi connectivity index (χ0v) is 19.6. The van der Waals surface area contributed by atoms with E-state index >= 15 is 0 Å². The smallest absolute Gasteiger partial charge is 0.162 e. The Morgan fingerprint density at radius 1 is 1.38 bits per heavy atom. The molecule has 0 saturated carbocycles. The maximum Gasteiger partial charge on any atom is 0.162 e. The van der Waals surface area contributed by atoms with Crippen LogP contribution in [0.3, 0.4) is 0 Å². The van der Waals surface area contributed by atoms with Crippen molar-refractivity contribution < 1.29 is 9.29 Å². The normalized spacial score (nSPS) is 14.5. The van der Waals surface area contributed by atoms with Gasteiger partial charge in [-0.3, -0.25) is 4.57 Å². The quantitative estimate of drug-likeness (QED) is 0.266. The summed E-state index contributed by atoms with van der Waals surface area (Å²) in [6.45, 7) is 13.8. The van der Waals surface area contributed by atoms with Gasteiger partial charge in [-0.1, -0.05) is 24.0 Å². The molecule has 0 spiro atoms. The Kier molecular flexibility index (Phi) is 7.06. The highest BCUT2D eigenvalue weighted by atomic mass is 79.9. The summed E-state index contributed by atoms with van der Waals surface area (Å²) in [5.74, 6) is 0. The number of fused-ring (bicyclic) bond motifs is 1. The second kappa shape index (κ2) is 8.51. The third-order valence-corrected chi connectivity index (χ3v) is 7.28. The molecule has 0 N–H and O–H groups in total. The molecular weight excluding hydrogens is 432 g/mol. The van der Waals surface area contributed by atoms with Gasteiger partial charge < -0.3 is 9.29 Å². The van der Waals surface area contributed by atoms with Gasteiger partial charge in [0.05, 0.1) is 6.33 Å². The third kappa shape index (κ3) is 6.16. The minimum absolute atomic E-state index is 0.404. The molecular formula is C17H27BrN4O2SSi. The van der Waals surface area contributed by atoms with Gasteiger partial charge in [-0.05, 0) is 48.8 Å². The Hall–Kier alpha value is -0.743. The molecule has 2 heterocycles. The van der Waals surface area contributed by atoms with Crippen molar-refractivity contribution in [2.45, 2.75) is 57.9 Å². The van der Waals surface area contributed by atoms with Crippen LogP contribution in [0.4, 0.5) is 0 Å². The third-order valence-electron chi connectivity index (χ3n) is 3.59. The molecule has 1 unspecified atom stereocenters. The van der Waals surface area contributed by atoms with Crippen molar-refractivity contribution in [3.63, 3.8) is 0 Å². The van der Waals surface area contributed by atoms with Gasteiger partial charge in [-0.25, -0.2) is 9.97 Å². The number of imidazole rings is 1. The van der Waals surface area contributed by atoms with Crippen LogP contribution in [0.5, 0.6) is 0 Å². The molecule has 0 aromatic carbocycles. The molecule has 9 heteroatoms. The second-order valence-corrected chi connectivity index (χ2v) is 16.8. The maximum absolute atomic E-state index is 12.1. The van der Waals surface area contributed by atoms with E-state index in [9.17, 15) is 4.55 Å². The number of rotatable bonds is 7. The first-order valence-corrected chi connectivity index (χ1v) is 14.1. The highest BCUT2D eigenvalue weighted by Gasteiger charge is 2.26. The Bertz CT molecular complexity index is 783. The van der Waals surface area contributed by atoms with Crippen molar-refractivity contribution in [2.75, 3.05) is 6.61 Å².